The third kappa shape index (κ3) is 2.91. The fraction of sp³-hybridized carbons (Fsp3) is 0.125. The zero-order valence-corrected chi connectivity index (χ0v) is 11.9. The lowest BCUT2D eigenvalue weighted by Gasteiger charge is -2.12. The van der Waals surface area contributed by atoms with Crippen molar-refractivity contribution < 1.29 is 4.68 Å². The van der Waals surface area contributed by atoms with Crippen LogP contribution in [0, 0.1) is 0 Å². The number of thioether (sulfide) groups is 1. The Morgan fingerprint density at radius 2 is 1.65 bits per heavy atom. The van der Waals surface area contributed by atoms with Gasteiger partial charge in [0.15, 0.2) is 0 Å². The Morgan fingerprint density at radius 3 is 2.35 bits per heavy atom. The molecule has 20 heavy (non-hydrogen) atoms. The Morgan fingerprint density at radius 1 is 1.00 bits per heavy atom. The average molecular weight is 282 g/mol. The average Bonchev–Trinajstić information content (AvgIpc) is 2.51. The van der Waals surface area contributed by atoms with E-state index in [0.717, 1.165) is 22.2 Å². The van der Waals surface area contributed by atoms with Crippen LogP contribution in [0.25, 0.3) is 0 Å². The number of amidine groups is 1. The van der Waals surface area contributed by atoms with E-state index in [1.807, 2.05) is 41.1 Å². The number of hydrogen-bond acceptors (Lipinski definition) is 3. The van der Waals surface area contributed by atoms with Gasteiger partial charge in [-0.1, -0.05) is 65.8 Å². The minimum Gasteiger partial charge on any atom is -0.279 e. The molecule has 2 aromatic rings. The fourth-order valence-electron chi connectivity index (χ4n) is 2.08. The molecule has 0 spiro atoms. The molecule has 0 saturated carbocycles. The van der Waals surface area contributed by atoms with Crippen molar-refractivity contribution in [1.29, 1.82) is 0 Å². The van der Waals surface area contributed by atoms with Crippen LogP contribution in [-0.2, 0) is 6.54 Å². The predicted octanol–water partition coefficient (Wildman–Crippen LogP) is 2.66. The van der Waals surface area contributed by atoms with Crippen molar-refractivity contribution in [3.05, 3.63) is 71.8 Å². The summed E-state index contributed by atoms with van der Waals surface area (Å²) in [6.07, 6.45) is 0. The Labute approximate surface area is 122 Å². The van der Waals surface area contributed by atoms with Crippen molar-refractivity contribution >= 4 is 22.6 Å². The summed E-state index contributed by atoms with van der Waals surface area (Å²) in [4.78, 5) is 0. The molecule has 3 rings (SSSR count). The molecule has 0 fully saturated rings. The van der Waals surface area contributed by atoms with E-state index in [4.69, 9.17) is 10.8 Å². The summed E-state index contributed by atoms with van der Waals surface area (Å²) in [5.41, 5.74) is 9.50. The molecule has 0 radical (unpaired) electrons. The summed E-state index contributed by atoms with van der Waals surface area (Å²) < 4.78 is 1.88. The first-order valence-corrected chi connectivity index (χ1v) is 7.51. The van der Waals surface area contributed by atoms with Gasteiger partial charge in [0.05, 0.1) is 5.75 Å². The largest absolute Gasteiger partial charge is 0.330 e. The number of benzene rings is 2. The molecular formula is C16H16N3S+. The number of nitrogens with zero attached hydrogens (tertiary/aromatic N) is 2. The highest BCUT2D eigenvalue weighted by atomic mass is 32.2. The van der Waals surface area contributed by atoms with Gasteiger partial charge in [0.1, 0.15) is 12.3 Å². The van der Waals surface area contributed by atoms with Crippen molar-refractivity contribution in [2.45, 2.75) is 6.54 Å². The third-order valence-corrected chi connectivity index (χ3v) is 4.06. The predicted molar refractivity (Wildman–Crippen MR) is 85.0 cm³/mol. The summed E-state index contributed by atoms with van der Waals surface area (Å²) in [7, 11) is 0. The molecule has 0 unspecified atom stereocenters. The summed E-state index contributed by atoms with van der Waals surface area (Å²) in [6.45, 7) is 0.704. The normalized spacial score (nSPS) is 15.1. The monoisotopic (exact) mass is 282 g/mol. The SMILES string of the molecule is NC1=[N+](Cc2ccccc2)N=C(c2ccccc2)CS1. The second-order valence-corrected chi connectivity index (χ2v) is 5.58. The maximum absolute atomic E-state index is 6.07. The van der Waals surface area contributed by atoms with E-state index >= 15 is 0 Å². The Kier molecular flexibility index (Phi) is 3.83. The lowest BCUT2D eigenvalue weighted by atomic mass is 10.1. The molecule has 0 aromatic heterocycles. The van der Waals surface area contributed by atoms with E-state index in [2.05, 4.69) is 24.3 Å². The zero-order valence-electron chi connectivity index (χ0n) is 11.1. The second kappa shape index (κ2) is 5.92. The molecule has 4 heteroatoms. The van der Waals surface area contributed by atoms with Crippen molar-refractivity contribution in [3.8, 4) is 0 Å². The zero-order chi connectivity index (χ0) is 13.8. The number of nitrogens with two attached hydrogens (primary N) is 1. The van der Waals surface area contributed by atoms with Crippen molar-refractivity contribution in [3.63, 3.8) is 0 Å². The van der Waals surface area contributed by atoms with Gasteiger partial charge in [-0.05, 0) is 17.3 Å². The first-order chi connectivity index (χ1) is 9.83. The van der Waals surface area contributed by atoms with E-state index < -0.39 is 0 Å². The summed E-state index contributed by atoms with van der Waals surface area (Å²) in [6, 6.07) is 20.5. The summed E-state index contributed by atoms with van der Waals surface area (Å²) in [5, 5.41) is 5.45. The molecule has 1 aliphatic heterocycles. The van der Waals surface area contributed by atoms with Crippen LogP contribution in [0.5, 0.6) is 0 Å². The van der Waals surface area contributed by atoms with Crippen LogP contribution >= 0.6 is 11.8 Å². The van der Waals surface area contributed by atoms with Crippen LogP contribution in [0.3, 0.4) is 0 Å². The topological polar surface area (TPSA) is 41.4 Å². The van der Waals surface area contributed by atoms with Gasteiger partial charge >= 0.3 is 5.17 Å². The van der Waals surface area contributed by atoms with Gasteiger partial charge in [0, 0.05) is 5.56 Å². The third-order valence-electron chi connectivity index (χ3n) is 3.13. The molecule has 0 saturated heterocycles. The van der Waals surface area contributed by atoms with Crippen LogP contribution in [0.1, 0.15) is 11.1 Å². The van der Waals surface area contributed by atoms with E-state index in [1.165, 1.54) is 5.56 Å². The van der Waals surface area contributed by atoms with Crippen molar-refractivity contribution in [2.75, 3.05) is 5.75 Å². The van der Waals surface area contributed by atoms with E-state index in [-0.39, 0.29) is 0 Å². The molecule has 100 valence electrons. The minimum atomic E-state index is 0.704. The van der Waals surface area contributed by atoms with Crippen molar-refractivity contribution in [2.24, 2.45) is 10.8 Å². The maximum atomic E-state index is 6.07. The van der Waals surface area contributed by atoms with Gasteiger partial charge in [-0.25, -0.2) is 0 Å². The Balaban J connectivity index is 1.88. The molecule has 0 atom stereocenters. The number of hydrazone groups is 1. The smallest absolute Gasteiger partial charge is 0.279 e. The highest BCUT2D eigenvalue weighted by Gasteiger charge is 2.19. The van der Waals surface area contributed by atoms with Crippen LogP contribution in [0.15, 0.2) is 65.8 Å². The van der Waals surface area contributed by atoms with Crippen LogP contribution < -0.4 is 5.73 Å². The Bertz CT molecular complexity index is 648. The van der Waals surface area contributed by atoms with Crippen LogP contribution in [-0.4, -0.2) is 21.3 Å². The molecule has 2 N–H and O–H groups in total. The van der Waals surface area contributed by atoms with E-state index in [0.29, 0.717) is 6.54 Å². The number of hydrogen-bond donors (Lipinski definition) is 1. The lowest BCUT2D eigenvalue weighted by Crippen LogP contribution is -2.29. The standard InChI is InChI=1S/C16H15N3S/c17-16-19(11-13-7-3-1-4-8-13)18-15(12-20-16)14-9-5-2-6-10-14/h1-10,17H,11-12H2/p+1. The molecule has 1 aliphatic rings. The van der Waals surface area contributed by atoms with Crippen LogP contribution in [0.4, 0.5) is 0 Å². The minimum absolute atomic E-state index is 0.704. The molecular weight excluding hydrogens is 266 g/mol. The highest BCUT2D eigenvalue weighted by Crippen LogP contribution is 2.15. The highest BCUT2D eigenvalue weighted by molar-refractivity contribution is 8.14. The molecule has 1 heterocycles. The van der Waals surface area contributed by atoms with Gasteiger partial charge in [-0.15, -0.1) is 4.68 Å². The van der Waals surface area contributed by atoms with Gasteiger partial charge in [0.2, 0.25) is 0 Å². The quantitative estimate of drug-likeness (QED) is 0.879. The van der Waals surface area contributed by atoms with Gasteiger partial charge in [-0.3, -0.25) is 5.73 Å². The fourth-order valence-corrected chi connectivity index (χ4v) is 2.85. The van der Waals surface area contributed by atoms with Crippen molar-refractivity contribution in [1.82, 2.24) is 0 Å². The van der Waals surface area contributed by atoms with E-state index in [9.17, 15) is 0 Å². The molecule has 2 aromatic carbocycles. The van der Waals surface area contributed by atoms with Crippen LogP contribution in [0.2, 0.25) is 0 Å². The molecule has 0 aliphatic carbocycles. The van der Waals surface area contributed by atoms with E-state index in [1.54, 1.807) is 11.8 Å². The second-order valence-electron chi connectivity index (χ2n) is 4.58. The van der Waals surface area contributed by atoms with Gasteiger partial charge < -0.3 is 0 Å². The summed E-state index contributed by atoms with van der Waals surface area (Å²) in [5.74, 6) is 0.821. The Hall–Kier alpha value is -2.07. The first kappa shape index (κ1) is 12.9. The molecule has 3 nitrogen and oxygen atoms in total. The van der Waals surface area contributed by atoms with Gasteiger partial charge in [0.25, 0.3) is 0 Å². The van der Waals surface area contributed by atoms with Gasteiger partial charge in [-0.2, -0.15) is 0 Å². The molecule has 0 bridgehead atoms. The summed E-state index contributed by atoms with van der Waals surface area (Å²) >= 11 is 1.64. The number of rotatable bonds is 3. The lowest BCUT2D eigenvalue weighted by molar-refractivity contribution is -0.548. The maximum Gasteiger partial charge on any atom is 0.330 e. The first-order valence-electron chi connectivity index (χ1n) is 6.52. The molecule has 0 amide bonds.